The lowest BCUT2D eigenvalue weighted by molar-refractivity contribution is -0.111. The molecule has 0 saturated carbocycles. The van der Waals surface area contributed by atoms with E-state index < -0.39 is 0 Å². The van der Waals surface area contributed by atoms with Crippen molar-refractivity contribution in [3.05, 3.63) is 54.8 Å². The van der Waals surface area contributed by atoms with Crippen LogP contribution in [0.15, 0.2) is 53.5 Å². The number of carbonyl (C=O) groups excluding carboxylic acids is 2. The zero-order valence-corrected chi connectivity index (χ0v) is 15.2. The van der Waals surface area contributed by atoms with E-state index in [9.17, 15) is 9.59 Å². The summed E-state index contributed by atoms with van der Waals surface area (Å²) in [6.45, 7) is 7.29. The van der Waals surface area contributed by atoms with Crippen LogP contribution in [0.4, 0.5) is 5.69 Å². The lowest BCUT2D eigenvalue weighted by Gasteiger charge is -2.30. The molecule has 0 spiro atoms. The van der Waals surface area contributed by atoms with Crippen LogP contribution in [0.2, 0.25) is 0 Å². The number of hydrogen-bond donors (Lipinski definition) is 1. The van der Waals surface area contributed by atoms with E-state index in [4.69, 9.17) is 4.42 Å². The van der Waals surface area contributed by atoms with Gasteiger partial charge in [0.15, 0.2) is 5.76 Å². The molecule has 1 aromatic heterocycles. The molecule has 3 saturated heterocycles. The fourth-order valence-corrected chi connectivity index (χ4v) is 3.81. The second-order valence-corrected chi connectivity index (χ2v) is 7.01. The average molecular weight is 365 g/mol. The highest BCUT2D eigenvalue weighted by molar-refractivity contribution is 5.99. The van der Waals surface area contributed by atoms with Crippen molar-refractivity contribution in [2.75, 3.05) is 31.5 Å². The maximum Gasteiger partial charge on any atom is 0.289 e. The van der Waals surface area contributed by atoms with Gasteiger partial charge in [-0.25, -0.2) is 0 Å². The Bertz CT molecular complexity index is 848. The van der Waals surface area contributed by atoms with E-state index in [2.05, 4.69) is 16.8 Å². The first-order valence-corrected chi connectivity index (χ1v) is 9.31. The normalized spacial score (nSPS) is 21.6. The topological polar surface area (TPSA) is 65.8 Å². The highest BCUT2D eigenvalue weighted by atomic mass is 16.4. The first-order chi connectivity index (χ1) is 13.1. The van der Waals surface area contributed by atoms with Crippen molar-refractivity contribution < 1.29 is 14.0 Å². The Balaban J connectivity index is 1.48. The number of nitrogens with zero attached hydrogens (tertiary/aromatic N) is 2. The number of furan rings is 1. The van der Waals surface area contributed by atoms with E-state index >= 15 is 0 Å². The van der Waals surface area contributed by atoms with Crippen LogP contribution in [0.25, 0.3) is 11.3 Å². The highest BCUT2D eigenvalue weighted by Gasteiger charge is 2.33. The van der Waals surface area contributed by atoms with Crippen LogP contribution >= 0.6 is 0 Å². The smallest absolute Gasteiger partial charge is 0.289 e. The molecule has 0 aliphatic carbocycles. The predicted molar refractivity (Wildman–Crippen MR) is 103 cm³/mol. The lowest BCUT2D eigenvalue weighted by Crippen LogP contribution is -2.41. The molecule has 1 aromatic carbocycles. The second kappa shape index (κ2) is 7.40. The van der Waals surface area contributed by atoms with E-state index in [0.717, 1.165) is 44.6 Å². The number of carbonyl (C=O) groups is 2. The fourth-order valence-electron chi connectivity index (χ4n) is 3.81. The number of rotatable bonds is 4. The molecule has 6 nitrogen and oxygen atoms in total. The first kappa shape index (κ1) is 17.5. The van der Waals surface area contributed by atoms with Crippen LogP contribution in [-0.4, -0.2) is 53.8 Å². The van der Waals surface area contributed by atoms with Crippen molar-refractivity contribution in [2.45, 2.75) is 18.9 Å². The van der Waals surface area contributed by atoms with Gasteiger partial charge in [-0.05, 0) is 55.3 Å². The SMILES string of the molecule is C=CC(=O)Nc1ccc(-c2ccc(C(=O)N3CCN4CCC3CC4)o2)cc1. The molecule has 6 heteroatoms. The van der Waals surface area contributed by atoms with Crippen molar-refractivity contribution >= 4 is 17.5 Å². The number of fused-ring (bicyclic) bond motifs is 4. The van der Waals surface area contributed by atoms with Crippen LogP contribution in [-0.2, 0) is 4.79 Å². The molecule has 3 aliphatic rings. The van der Waals surface area contributed by atoms with Crippen LogP contribution in [0.5, 0.6) is 0 Å². The quantitative estimate of drug-likeness (QED) is 0.846. The average Bonchev–Trinajstić information content (AvgIpc) is 3.01. The zero-order valence-electron chi connectivity index (χ0n) is 15.2. The summed E-state index contributed by atoms with van der Waals surface area (Å²) in [4.78, 5) is 28.7. The molecule has 0 atom stereocenters. The Hall–Kier alpha value is -2.86. The summed E-state index contributed by atoms with van der Waals surface area (Å²) in [5, 5.41) is 2.71. The molecule has 0 unspecified atom stereocenters. The first-order valence-electron chi connectivity index (χ1n) is 9.31. The lowest BCUT2D eigenvalue weighted by atomic mass is 10.1. The van der Waals surface area contributed by atoms with Gasteiger partial charge >= 0.3 is 0 Å². The molecule has 5 rings (SSSR count). The van der Waals surface area contributed by atoms with Gasteiger partial charge in [-0.2, -0.15) is 0 Å². The van der Waals surface area contributed by atoms with Gasteiger partial charge in [0.1, 0.15) is 5.76 Å². The van der Waals surface area contributed by atoms with Gasteiger partial charge in [-0.3, -0.25) is 9.59 Å². The predicted octanol–water partition coefficient (Wildman–Crippen LogP) is 2.99. The molecule has 0 radical (unpaired) electrons. The molecular weight excluding hydrogens is 342 g/mol. The number of nitrogens with one attached hydrogen (secondary N) is 1. The van der Waals surface area contributed by atoms with Gasteiger partial charge in [-0.1, -0.05) is 6.58 Å². The monoisotopic (exact) mass is 365 g/mol. The maximum atomic E-state index is 13.0. The third-order valence-corrected chi connectivity index (χ3v) is 5.35. The van der Waals surface area contributed by atoms with Crippen molar-refractivity contribution in [3.63, 3.8) is 0 Å². The summed E-state index contributed by atoms with van der Waals surface area (Å²) in [5.41, 5.74) is 1.54. The summed E-state index contributed by atoms with van der Waals surface area (Å²) < 4.78 is 5.87. The van der Waals surface area contributed by atoms with Gasteiger partial charge in [0, 0.05) is 43.5 Å². The Morgan fingerprint density at radius 3 is 2.48 bits per heavy atom. The van der Waals surface area contributed by atoms with Gasteiger partial charge < -0.3 is 19.5 Å². The maximum absolute atomic E-state index is 13.0. The van der Waals surface area contributed by atoms with Crippen LogP contribution in [0.3, 0.4) is 0 Å². The molecule has 140 valence electrons. The number of benzene rings is 1. The molecule has 2 bridgehead atoms. The largest absolute Gasteiger partial charge is 0.451 e. The summed E-state index contributed by atoms with van der Waals surface area (Å²) in [5.74, 6) is 0.749. The minimum Gasteiger partial charge on any atom is -0.451 e. The molecular formula is C21H23N3O3. The van der Waals surface area contributed by atoms with Gasteiger partial charge in [-0.15, -0.1) is 0 Å². The molecule has 3 aliphatic heterocycles. The second-order valence-electron chi connectivity index (χ2n) is 7.01. The highest BCUT2D eigenvalue weighted by Crippen LogP contribution is 2.27. The van der Waals surface area contributed by atoms with E-state index in [-0.39, 0.29) is 11.8 Å². The van der Waals surface area contributed by atoms with Crippen LogP contribution in [0, 0.1) is 0 Å². The third-order valence-electron chi connectivity index (χ3n) is 5.35. The van der Waals surface area contributed by atoms with Crippen molar-refractivity contribution in [2.24, 2.45) is 0 Å². The molecule has 2 aromatic rings. The Morgan fingerprint density at radius 1 is 1.04 bits per heavy atom. The van der Waals surface area contributed by atoms with E-state index in [1.807, 2.05) is 23.1 Å². The van der Waals surface area contributed by atoms with Crippen LogP contribution < -0.4 is 5.32 Å². The molecule has 2 amide bonds. The number of piperidine rings is 1. The van der Waals surface area contributed by atoms with Gasteiger partial charge in [0.05, 0.1) is 0 Å². The summed E-state index contributed by atoms with van der Waals surface area (Å²) in [7, 11) is 0. The fraction of sp³-hybridized carbons (Fsp3) is 0.333. The Labute approximate surface area is 158 Å². The Morgan fingerprint density at radius 2 is 1.78 bits per heavy atom. The number of amides is 2. The number of anilines is 1. The van der Waals surface area contributed by atoms with E-state index in [1.165, 1.54) is 6.08 Å². The minimum absolute atomic E-state index is 0.0233. The summed E-state index contributed by atoms with van der Waals surface area (Å²) in [6, 6.07) is 11.2. The number of hydrogen-bond acceptors (Lipinski definition) is 4. The molecule has 4 heterocycles. The van der Waals surface area contributed by atoms with Gasteiger partial charge in [0.25, 0.3) is 5.91 Å². The zero-order chi connectivity index (χ0) is 18.8. The summed E-state index contributed by atoms with van der Waals surface area (Å²) in [6.07, 6.45) is 3.30. The van der Waals surface area contributed by atoms with Crippen molar-refractivity contribution in [1.29, 1.82) is 0 Å². The van der Waals surface area contributed by atoms with E-state index in [0.29, 0.717) is 23.2 Å². The molecule has 1 N–H and O–H groups in total. The molecule has 3 fully saturated rings. The third kappa shape index (κ3) is 3.66. The van der Waals surface area contributed by atoms with Gasteiger partial charge in [0.2, 0.25) is 5.91 Å². The molecule has 27 heavy (non-hydrogen) atoms. The van der Waals surface area contributed by atoms with Crippen molar-refractivity contribution in [1.82, 2.24) is 9.80 Å². The Kier molecular flexibility index (Phi) is 4.81. The standard InChI is InChI=1S/C21H23N3O3/c1-2-20(25)22-16-5-3-15(4-6-16)18-7-8-19(27-18)21(26)24-14-13-23-11-9-17(24)10-12-23/h2-8,17H,1,9-14H2,(H,22,25). The van der Waals surface area contributed by atoms with E-state index in [1.54, 1.807) is 18.2 Å². The minimum atomic E-state index is -0.253. The summed E-state index contributed by atoms with van der Waals surface area (Å²) >= 11 is 0. The van der Waals surface area contributed by atoms with Crippen LogP contribution in [0.1, 0.15) is 23.4 Å². The van der Waals surface area contributed by atoms with Crippen molar-refractivity contribution in [3.8, 4) is 11.3 Å².